The molecule has 0 spiro atoms. The molecule has 0 aliphatic carbocycles. The molecule has 1 atom stereocenters. The number of halogens is 4. The van der Waals surface area contributed by atoms with Crippen LogP contribution in [0.15, 0.2) is 48.5 Å². The summed E-state index contributed by atoms with van der Waals surface area (Å²) in [5.74, 6) is 0. The van der Waals surface area contributed by atoms with Crippen LogP contribution in [0.3, 0.4) is 0 Å². The Hall–Kier alpha value is -1.52. The Bertz CT molecular complexity index is 578. The first-order valence-corrected chi connectivity index (χ1v) is 6.40. The van der Waals surface area contributed by atoms with Crippen LogP contribution in [-0.4, -0.2) is 7.05 Å². The van der Waals surface area contributed by atoms with Gasteiger partial charge in [0.2, 0.25) is 0 Å². The largest absolute Gasteiger partial charge is 0.416 e. The monoisotopic (exact) mass is 299 g/mol. The van der Waals surface area contributed by atoms with Crippen LogP contribution in [0.1, 0.15) is 22.7 Å². The normalized spacial score (nSPS) is 13.2. The first kappa shape index (κ1) is 14.9. The Morgan fingerprint density at radius 3 is 2.15 bits per heavy atom. The Labute approximate surface area is 120 Å². The third-order valence-corrected chi connectivity index (χ3v) is 3.32. The highest BCUT2D eigenvalue weighted by atomic mass is 35.5. The van der Waals surface area contributed by atoms with Gasteiger partial charge in [0.15, 0.2) is 0 Å². The summed E-state index contributed by atoms with van der Waals surface area (Å²) in [5, 5.41) is 3.47. The maximum atomic E-state index is 13.1. The Balaban J connectivity index is 2.50. The second kappa shape index (κ2) is 5.85. The molecule has 1 N–H and O–H groups in total. The van der Waals surface area contributed by atoms with Gasteiger partial charge < -0.3 is 5.32 Å². The highest BCUT2D eigenvalue weighted by Gasteiger charge is 2.34. The summed E-state index contributed by atoms with van der Waals surface area (Å²) in [6, 6.07) is 11.8. The van der Waals surface area contributed by atoms with Crippen molar-refractivity contribution in [2.24, 2.45) is 0 Å². The molecule has 0 aliphatic rings. The van der Waals surface area contributed by atoms with Gasteiger partial charge in [0.25, 0.3) is 0 Å². The summed E-state index contributed by atoms with van der Waals surface area (Å²) in [4.78, 5) is 0. The van der Waals surface area contributed by atoms with E-state index in [0.717, 1.165) is 11.6 Å². The molecule has 2 aromatic rings. The van der Waals surface area contributed by atoms with Crippen LogP contribution in [0, 0.1) is 0 Å². The molecule has 0 fully saturated rings. The van der Waals surface area contributed by atoms with E-state index in [9.17, 15) is 13.2 Å². The molecule has 0 aliphatic heterocycles. The van der Waals surface area contributed by atoms with Crippen molar-refractivity contribution in [1.29, 1.82) is 0 Å². The molecule has 0 bridgehead atoms. The smallest absolute Gasteiger partial charge is 0.309 e. The summed E-state index contributed by atoms with van der Waals surface area (Å²) >= 11 is 5.81. The maximum absolute atomic E-state index is 13.1. The quantitative estimate of drug-likeness (QED) is 0.868. The molecule has 5 heteroatoms. The minimum Gasteiger partial charge on any atom is -0.309 e. The fourth-order valence-electron chi connectivity index (χ4n) is 2.16. The Morgan fingerprint density at radius 1 is 1.00 bits per heavy atom. The van der Waals surface area contributed by atoms with Crippen molar-refractivity contribution in [3.05, 3.63) is 70.2 Å². The van der Waals surface area contributed by atoms with Crippen molar-refractivity contribution < 1.29 is 13.2 Å². The molecular weight excluding hydrogens is 287 g/mol. The van der Waals surface area contributed by atoms with E-state index in [1.165, 1.54) is 12.1 Å². The van der Waals surface area contributed by atoms with Crippen LogP contribution in [0.5, 0.6) is 0 Å². The van der Waals surface area contributed by atoms with Crippen LogP contribution < -0.4 is 5.32 Å². The molecule has 0 saturated carbocycles. The minimum absolute atomic E-state index is 0.199. The van der Waals surface area contributed by atoms with Gasteiger partial charge in [-0.3, -0.25) is 0 Å². The first-order valence-electron chi connectivity index (χ1n) is 6.02. The van der Waals surface area contributed by atoms with Crippen molar-refractivity contribution in [3.63, 3.8) is 0 Å². The molecule has 0 amide bonds. The zero-order valence-corrected chi connectivity index (χ0v) is 11.5. The van der Waals surface area contributed by atoms with E-state index < -0.39 is 17.8 Å². The summed E-state index contributed by atoms with van der Waals surface area (Å²) in [6.07, 6.45) is -4.38. The second-order valence-corrected chi connectivity index (χ2v) is 4.79. The number of hydrogen-bond donors (Lipinski definition) is 1. The van der Waals surface area contributed by atoms with Gasteiger partial charge in [0.05, 0.1) is 11.6 Å². The van der Waals surface area contributed by atoms with Crippen LogP contribution in [0.4, 0.5) is 13.2 Å². The lowest BCUT2D eigenvalue weighted by Crippen LogP contribution is -2.21. The third-order valence-electron chi connectivity index (χ3n) is 3.07. The van der Waals surface area contributed by atoms with E-state index in [1.54, 1.807) is 37.4 Å². The van der Waals surface area contributed by atoms with E-state index in [-0.39, 0.29) is 5.56 Å². The molecule has 106 valence electrons. The van der Waals surface area contributed by atoms with Crippen molar-refractivity contribution in [2.75, 3.05) is 7.05 Å². The molecule has 2 aromatic carbocycles. The molecule has 1 unspecified atom stereocenters. The van der Waals surface area contributed by atoms with E-state index in [2.05, 4.69) is 5.32 Å². The average molecular weight is 300 g/mol. The van der Waals surface area contributed by atoms with E-state index in [1.807, 2.05) is 0 Å². The topological polar surface area (TPSA) is 12.0 Å². The standard InChI is InChI=1S/C15H13ClF3N/c1-20-14(10-6-8-11(16)9-7-10)12-4-2-3-5-13(12)15(17,18)19/h2-9,14,20H,1H3. The lowest BCUT2D eigenvalue weighted by Gasteiger charge is -2.21. The lowest BCUT2D eigenvalue weighted by molar-refractivity contribution is -0.138. The first-order chi connectivity index (χ1) is 9.43. The number of benzene rings is 2. The Kier molecular flexibility index (Phi) is 4.35. The highest BCUT2D eigenvalue weighted by molar-refractivity contribution is 6.30. The fraction of sp³-hybridized carbons (Fsp3) is 0.200. The number of alkyl halides is 3. The predicted octanol–water partition coefficient (Wildman–Crippen LogP) is 4.67. The van der Waals surface area contributed by atoms with Gasteiger partial charge in [-0.05, 0) is 36.4 Å². The van der Waals surface area contributed by atoms with Crippen molar-refractivity contribution in [1.82, 2.24) is 5.32 Å². The van der Waals surface area contributed by atoms with E-state index in [4.69, 9.17) is 11.6 Å². The van der Waals surface area contributed by atoms with Gasteiger partial charge in [-0.1, -0.05) is 41.9 Å². The van der Waals surface area contributed by atoms with Gasteiger partial charge >= 0.3 is 6.18 Å². The molecule has 0 radical (unpaired) electrons. The van der Waals surface area contributed by atoms with Gasteiger partial charge in [-0.25, -0.2) is 0 Å². The molecule has 1 nitrogen and oxygen atoms in total. The molecule has 0 saturated heterocycles. The van der Waals surface area contributed by atoms with E-state index >= 15 is 0 Å². The van der Waals surface area contributed by atoms with Crippen molar-refractivity contribution in [3.8, 4) is 0 Å². The van der Waals surface area contributed by atoms with Crippen LogP contribution in [-0.2, 0) is 6.18 Å². The fourth-order valence-corrected chi connectivity index (χ4v) is 2.29. The van der Waals surface area contributed by atoms with Crippen LogP contribution in [0.2, 0.25) is 5.02 Å². The zero-order valence-electron chi connectivity index (χ0n) is 10.7. The molecule has 0 aromatic heterocycles. The third kappa shape index (κ3) is 3.14. The van der Waals surface area contributed by atoms with Gasteiger partial charge in [0, 0.05) is 5.02 Å². The molecule has 20 heavy (non-hydrogen) atoms. The van der Waals surface area contributed by atoms with Gasteiger partial charge in [0.1, 0.15) is 0 Å². The average Bonchev–Trinajstić information content (AvgIpc) is 2.41. The van der Waals surface area contributed by atoms with Crippen LogP contribution >= 0.6 is 11.6 Å². The molecule has 2 rings (SSSR count). The van der Waals surface area contributed by atoms with E-state index in [0.29, 0.717) is 5.02 Å². The van der Waals surface area contributed by atoms with Crippen molar-refractivity contribution in [2.45, 2.75) is 12.2 Å². The molecular formula is C15H13ClF3N. The van der Waals surface area contributed by atoms with Gasteiger partial charge in [-0.15, -0.1) is 0 Å². The lowest BCUT2D eigenvalue weighted by atomic mass is 9.94. The number of rotatable bonds is 3. The summed E-state index contributed by atoms with van der Waals surface area (Å²) in [6.45, 7) is 0. The van der Waals surface area contributed by atoms with Crippen molar-refractivity contribution >= 4 is 11.6 Å². The number of nitrogens with one attached hydrogen (secondary N) is 1. The molecule has 0 heterocycles. The Morgan fingerprint density at radius 2 is 1.60 bits per heavy atom. The highest BCUT2D eigenvalue weighted by Crippen LogP contribution is 2.36. The summed E-state index contributed by atoms with van der Waals surface area (Å²) in [5.41, 5.74) is 0.299. The maximum Gasteiger partial charge on any atom is 0.416 e. The SMILES string of the molecule is CNC(c1ccc(Cl)cc1)c1ccccc1C(F)(F)F. The summed E-state index contributed by atoms with van der Waals surface area (Å²) in [7, 11) is 1.63. The number of hydrogen-bond acceptors (Lipinski definition) is 1. The summed E-state index contributed by atoms with van der Waals surface area (Å²) < 4.78 is 39.2. The van der Waals surface area contributed by atoms with Crippen LogP contribution in [0.25, 0.3) is 0 Å². The zero-order chi connectivity index (χ0) is 14.8. The van der Waals surface area contributed by atoms with Gasteiger partial charge in [-0.2, -0.15) is 13.2 Å². The second-order valence-electron chi connectivity index (χ2n) is 4.36. The predicted molar refractivity (Wildman–Crippen MR) is 73.8 cm³/mol. The minimum atomic E-state index is -4.38.